The molecule has 0 radical (unpaired) electrons. The third kappa shape index (κ3) is 5.14. The Hall–Kier alpha value is -3.21. The summed E-state index contributed by atoms with van der Waals surface area (Å²) in [5.41, 5.74) is 2.80. The predicted molar refractivity (Wildman–Crippen MR) is 105 cm³/mol. The molecule has 0 aliphatic heterocycles. The summed E-state index contributed by atoms with van der Waals surface area (Å²) in [5.74, 6) is 0.930. The topological polar surface area (TPSA) is 55.3 Å². The number of likely N-dealkylation sites (N-methyl/N-ethyl adjacent to an activating group) is 1. The molecule has 0 aliphatic carbocycles. The van der Waals surface area contributed by atoms with Crippen LogP contribution in [0.4, 0.5) is 0 Å². The van der Waals surface area contributed by atoms with Gasteiger partial charge in [-0.2, -0.15) is 4.98 Å². The zero-order valence-electron chi connectivity index (χ0n) is 15.6. The Labute approximate surface area is 159 Å². The van der Waals surface area contributed by atoms with Crippen molar-refractivity contribution in [3.63, 3.8) is 0 Å². The van der Waals surface area contributed by atoms with Gasteiger partial charge >= 0.3 is 0 Å². The molecule has 0 N–H and O–H groups in total. The second-order valence-corrected chi connectivity index (χ2v) is 6.22. The molecule has 1 heterocycles. The number of carbonyl (C=O) groups excluding carboxylic acids is 1. The molecular formula is C22H23N3O2. The summed E-state index contributed by atoms with van der Waals surface area (Å²) >= 11 is 0. The van der Waals surface area contributed by atoms with Gasteiger partial charge in [-0.3, -0.25) is 4.79 Å². The number of hydrogen-bond donors (Lipinski definition) is 0. The summed E-state index contributed by atoms with van der Waals surface area (Å²) in [6.07, 6.45) is 0. The molecule has 0 atom stereocenters. The van der Waals surface area contributed by atoms with E-state index in [1.807, 2.05) is 74.5 Å². The maximum absolute atomic E-state index is 12.5. The van der Waals surface area contributed by atoms with Crippen molar-refractivity contribution in [2.24, 2.45) is 0 Å². The molecule has 1 aromatic heterocycles. The van der Waals surface area contributed by atoms with Crippen molar-refractivity contribution in [1.29, 1.82) is 0 Å². The number of rotatable bonds is 7. The number of nitrogens with zero attached hydrogens (tertiary/aromatic N) is 3. The highest BCUT2D eigenvalue weighted by Crippen LogP contribution is 2.18. The monoisotopic (exact) mass is 361 g/mol. The number of aromatic nitrogens is 2. The second kappa shape index (κ2) is 8.94. The van der Waals surface area contributed by atoms with Gasteiger partial charge in [-0.1, -0.05) is 60.7 Å². The zero-order chi connectivity index (χ0) is 19.1. The SMILES string of the molecule is CCN(Cc1ccccc1)C(=O)COc1cc(C)nc(-c2ccccc2)n1. The third-order valence-corrected chi connectivity index (χ3v) is 4.16. The summed E-state index contributed by atoms with van der Waals surface area (Å²) in [7, 11) is 0. The lowest BCUT2D eigenvalue weighted by atomic mass is 10.2. The average molecular weight is 361 g/mol. The van der Waals surface area contributed by atoms with Gasteiger partial charge in [0.25, 0.3) is 5.91 Å². The van der Waals surface area contributed by atoms with E-state index in [-0.39, 0.29) is 12.5 Å². The Kier molecular flexibility index (Phi) is 6.15. The maximum atomic E-state index is 12.5. The normalized spacial score (nSPS) is 10.4. The molecule has 138 valence electrons. The van der Waals surface area contributed by atoms with Gasteiger partial charge in [0.2, 0.25) is 5.88 Å². The van der Waals surface area contributed by atoms with Gasteiger partial charge in [-0.05, 0) is 19.4 Å². The van der Waals surface area contributed by atoms with E-state index in [0.717, 1.165) is 16.8 Å². The van der Waals surface area contributed by atoms with Gasteiger partial charge in [0, 0.05) is 30.4 Å². The number of carbonyl (C=O) groups is 1. The van der Waals surface area contributed by atoms with Crippen molar-refractivity contribution in [2.45, 2.75) is 20.4 Å². The first-order valence-electron chi connectivity index (χ1n) is 9.01. The van der Waals surface area contributed by atoms with Gasteiger partial charge in [-0.25, -0.2) is 4.98 Å². The first-order chi connectivity index (χ1) is 13.2. The van der Waals surface area contributed by atoms with Crippen LogP contribution in [0.25, 0.3) is 11.4 Å². The van der Waals surface area contributed by atoms with E-state index < -0.39 is 0 Å². The molecule has 0 saturated carbocycles. The zero-order valence-corrected chi connectivity index (χ0v) is 15.6. The standard InChI is InChI=1S/C22H23N3O2/c1-3-25(15-18-10-6-4-7-11-18)21(26)16-27-20-14-17(2)23-22(24-20)19-12-8-5-9-13-19/h4-14H,3,15-16H2,1-2H3. The Morgan fingerprint density at radius 3 is 2.33 bits per heavy atom. The fourth-order valence-corrected chi connectivity index (χ4v) is 2.74. The lowest BCUT2D eigenvalue weighted by molar-refractivity contribution is -0.133. The van der Waals surface area contributed by atoms with E-state index in [0.29, 0.717) is 24.8 Å². The molecule has 0 aliphatic rings. The van der Waals surface area contributed by atoms with Crippen LogP contribution in [-0.4, -0.2) is 33.9 Å². The quantitative estimate of drug-likeness (QED) is 0.641. The van der Waals surface area contributed by atoms with Crippen LogP contribution in [-0.2, 0) is 11.3 Å². The van der Waals surface area contributed by atoms with Crippen LogP contribution in [0.15, 0.2) is 66.7 Å². The van der Waals surface area contributed by atoms with E-state index in [1.54, 1.807) is 11.0 Å². The highest BCUT2D eigenvalue weighted by molar-refractivity contribution is 5.77. The van der Waals surface area contributed by atoms with Gasteiger partial charge in [0.05, 0.1) is 0 Å². The predicted octanol–water partition coefficient (Wildman–Crippen LogP) is 3.88. The van der Waals surface area contributed by atoms with Crippen LogP contribution < -0.4 is 4.74 Å². The number of hydrogen-bond acceptors (Lipinski definition) is 4. The van der Waals surface area contributed by atoms with E-state index in [1.165, 1.54) is 0 Å². The van der Waals surface area contributed by atoms with E-state index in [4.69, 9.17) is 4.74 Å². The number of benzene rings is 2. The lowest BCUT2D eigenvalue weighted by Crippen LogP contribution is -2.34. The van der Waals surface area contributed by atoms with Crippen molar-refractivity contribution < 1.29 is 9.53 Å². The lowest BCUT2D eigenvalue weighted by Gasteiger charge is -2.21. The third-order valence-electron chi connectivity index (χ3n) is 4.16. The van der Waals surface area contributed by atoms with Crippen molar-refractivity contribution in [3.8, 4) is 17.3 Å². The van der Waals surface area contributed by atoms with Crippen LogP contribution >= 0.6 is 0 Å². The molecule has 2 aromatic carbocycles. The molecule has 0 unspecified atom stereocenters. The molecule has 3 rings (SSSR count). The molecular weight excluding hydrogens is 338 g/mol. The van der Waals surface area contributed by atoms with Gasteiger partial charge in [0.1, 0.15) is 0 Å². The summed E-state index contributed by atoms with van der Waals surface area (Å²) in [5, 5.41) is 0. The van der Waals surface area contributed by atoms with Crippen LogP contribution in [0, 0.1) is 6.92 Å². The van der Waals surface area contributed by atoms with Crippen LogP contribution in [0.1, 0.15) is 18.2 Å². The van der Waals surface area contributed by atoms with E-state index >= 15 is 0 Å². The molecule has 5 heteroatoms. The molecule has 1 amide bonds. The Balaban J connectivity index is 1.66. The molecule has 27 heavy (non-hydrogen) atoms. The highest BCUT2D eigenvalue weighted by Gasteiger charge is 2.14. The fourth-order valence-electron chi connectivity index (χ4n) is 2.74. The first-order valence-corrected chi connectivity index (χ1v) is 9.01. The largest absolute Gasteiger partial charge is 0.467 e. The summed E-state index contributed by atoms with van der Waals surface area (Å²) < 4.78 is 5.69. The van der Waals surface area contributed by atoms with Crippen LogP contribution in [0.2, 0.25) is 0 Å². The fraction of sp³-hybridized carbons (Fsp3) is 0.227. The second-order valence-electron chi connectivity index (χ2n) is 6.22. The molecule has 0 saturated heterocycles. The molecule has 0 bridgehead atoms. The van der Waals surface area contributed by atoms with Crippen molar-refractivity contribution in [2.75, 3.05) is 13.2 Å². The summed E-state index contributed by atoms with van der Waals surface area (Å²) in [6, 6.07) is 21.4. The maximum Gasteiger partial charge on any atom is 0.260 e. The van der Waals surface area contributed by atoms with Crippen LogP contribution in [0.5, 0.6) is 5.88 Å². The smallest absolute Gasteiger partial charge is 0.260 e. The van der Waals surface area contributed by atoms with Crippen LogP contribution in [0.3, 0.4) is 0 Å². The van der Waals surface area contributed by atoms with Gasteiger partial charge < -0.3 is 9.64 Å². The van der Waals surface area contributed by atoms with Gasteiger partial charge in [0.15, 0.2) is 12.4 Å². The van der Waals surface area contributed by atoms with E-state index in [2.05, 4.69) is 9.97 Å². The number of ether oxygens (including phenoxy) is 1. The molecule has 0 fully saturated rings. The number of amides is 1. The molecule has 0 spiro atoms. The van der Waals surface area contributed by atoms with Crippen molar-refractivity contribution in [3.05, 3.63) is 78.0 Å². The highest BCUT2D eigenvalue weighted by atomic mass is 16.5. The minimum absolute atomic E-state index is 0.0502. The average Bonchev–Trinajstić information content (AvgIpc) is 2.71. The summed E-state index contributed by atoms with van der Waals surface area (Å²) in [6.45, 7) is 4.98. The Morgan fingerprint density at radius 1 is 1.00 bits per heavy atom. The minimum atomic E-state index is -0.0705. The Bertz CT molecular complexity index is 883. The Morgan fingerprint density at radius 2 is 1.67 bits per heavy atom. The van der Waals surface area contributed by atoms with Gasteiger partial charge in [-0.15, -0.1) is 0 Å². The van der Waals surface area contributed by atoms with Crippen molar-refractivity contribution >= 4 is 5.91 Å². The van der Waals surface area contributed by atoms with Crippen molar-refractivity contribution in [1.82, 2.24) is 14.9 Å². The first kappa shape index (κ1) is 18.6. The number of aryl methyl sites for hydroxylation is 1. The molecule has 5 nitrogen and oxygen atoms in total. The minimum Gasteiger partial charge on any atom is -0.467 e. The van der Waals surface area contributed by atoms with E-state index in [9.17, 15) is 4.79 Å². The molecule has 3 aromatic rings. The summed E-state index contributed by atoms with van der Waals surface area (Å²) in [4.78, 5) is 23.2.